The molecule has 1 atom stereocenters. The molecule has 1 fully saturated rings. The van der Waals surface area contributed by atoms with Crippen LogP contribution in [0.1, 0.15) is 6.92 Å². The molecular weight excluding hydrogens is 269 g/mol. The first-order valence-corrected chi connectivity index (χ1v) is 6.76. The summed E-state index contributed by atoms with van der Waals surface area (Å²) in [5.41, 5.74) is 0.798. The van der Waals surface area contributed by atoms with Gasteiger partial charge in [-0.05, 0) is 31.2 Å². The Labute approximate surface area is 116 Å². The minimum Gasteiger partial charge on any atom is -0.494 e. The number of halogens is 3. The van der Waals surface area contributed by atoms with Crippen LogP contribution in [-0.2, 0) is 0 Å². The quantitative estimate of drug-likeness (QED) is 0.925. The zero-order valence-electron chi connectivity index (χ0n) is 11.4. The van der Waals surface area contributed by atoms with Gasteiger partial charge in [-0.2, -0.15) is 13.2 Å². The average molecular weight is 288 g/mol. The van der Waals surface area contributed by atoms with Crippen LogP contribution in [-0.4, -0.2) is 39.0 Å². The van der Waals surface area contributed by atoms with Crippen molar-refractivity contribution in [2.45, 2.75) is 13.1 Å². The Hall–Kier alpha value is -1.43. The largest absolute Gasteiger partial charge is 0.494 e. The number of rotatable bonds is 3. The second-order valence-corrected chi connectivity index (χ2v) is 4.82. The number of nitrogens with one attached hydrogen (secondary N) is 1. The van der Waals surface area contributed by atoms with E-state index in [2.05, 4.69) is 5.32 Å². The normalized spacial score (nSPS) is 20.6. The van der Waals surface area contributed by atoms with Gasteiger partial charge in [0.25, 0.3) is 0 Å². The van der Waals surface area contributed by atoms with Gasteiger partial charge in [0.15, 0.2) is 0 Å². The number of hydrogen-bond acceptors (Lipinski definition) is 3. The molecule has 1 aromatic rings. The zero-order valence-corrected chi connectivity index (χ0v) is 11.4. The maximum Gasteiger partial charge on any atom is 0.394 e. The summed E-state index contributed by atoms with van der Waals surface area (Å²) < 4.78 is 44.0. The average Bonchev–Trinajstić information content (AvgIpc) is 2.65. The summed E-state index contributed by atoms with van der Waals surface area (Å²) in [5.74, 6) is -0.604. The molecule has 112 valence electrons. The van der Waals surface area contributed by atoms with E-state index in [1.54, 1.807) is 17.0 Å². The Morgan fingerprint density at radius 3 is 2.60 bits per heavy atom. The van der Waals surface area contributed by atoms with Gasteiger partial charge in [0.1, 0.15) is 5.75 Å². The first-order valence-electron chi connectivity index (χ1n) is 6.76. The van der Waals surface area contributed by atoms with Gasteiger partial charge in [-0.1, -0.05) is 0 Å². The van der Waals surface area contributed by atoms with Gasteiger partial charge in [-0.25, -0.2) is 0 Å². The molecule has 0 saturated carbocycles. The van der Waals surface area contributed by atoms with E-state index >= 15 is 0 Å². The first-order chi connectivity index (χ1) is 9.50. The fourth-order valence-electron chi connectivity index (χ4n) is 2.29. The Balaban J connectivity index is 2.09. The number of nitrogens with zero attached hydrogens (tertiary/aromatic N) is 1. The standard InChI is InChI=1S/C14H19F3N2O/c1-2-20-13-5-3-12(4-6-13)19-8-7-18-9-11(10-19)14(15,16)17/h3-6,11,18H,2,7-10H2,1H3. The summed E-state index contributed by atoms with van der Waals surface area (Å²) in [5, 5.41) is 2.85. The topological polar surface area (TPSA) is 24.5 Å². The lowest BCUT2D eigenvalue weighted by Gasteiger charge is -2.27. The van der Waals surface area contributed by atoms with Crippen molar-refractivity contribution < 1.29 is 17.9 Å². The van der Waals surface area contributed by atoms with E-state index in [1.807, 2.05) is 19.1 Å². The van der Waals surface area contributed by atoms with Crippen LogP contribution in [0.15, 0.2) is 24.3 Å². The van der Waals surface area contributed by atoms with Crippen molar-refractivity contribution in [3.8, 4) is 5.75 Å². The van der Waals surface area contributed by atoms with Crippen LogP contribution in [0.4, 0.5) is 18.9 Å². The minimum atomic E-state index is -4.17. The van der Waals surface area contributed by atoms with Crippen LogP contribution >= 0.6 is 0 Å². The first kappa shape index (κ1) is 15.0. The summed E-state index contributed by atoms with van der Waals surface area (Å²) in [7, 11) is 0. The lowest BCUT2D eigenvalue weighted by molar-refractivity contribution is -0.169. The van der Waals surface area contributed by atoms with E-state index < -0.39 is 12.1 Å². The predicted octanol–water partition coefficient (Wildman–Crippen LogP) is 2.67. The van der Waals surface area contributed by atoms with E-state index in [1.165, 1.54) is 0 Å². The van der Waals surface area contributed by atoms with Gasteiger partial charge < -0.3 is 15.0 Å². The third-order valence-electron chi connectivity index (χ3n) is 3.37. The number of anilines is 1. The number of benzene rings is 1. The lowest BCUT2D eigenvalue weighted by atomic mass is 10.1. The molecule has 1 unspecified atom stereocenters. The molecule has 6 heteroatoms. The highest BCUT2D eigenvalue weighted by molar-refractivity contribution is 5.49. The van der Waals surface area contributed by atoms with Crippen molar-refractivity contribution in [1.82, 2.24) is 5.32 Å². The van der Waals surface area contributed by atoms with Gasteiger partial charge in [0, 0.05) is 31.9 Å². The van der Waals surface area contributed by atoms with E-state index in [9.17, 15) is 13.2 Å². The molecule has 0 aromatic heterocycles. The summed E-state index contributed by atoms with van der Waals surface area (Å²) in [6, 6.07) is 7.20. The highest BCUT2D eigenvalue weighted by atomic mass is 19.4. The van der Waals surface area contributed by atoms with Crippen LogP contribution < -0.4 is 15.0 Å². The molecule has 20 heavy (non-hydrogen) atoms. The fraction of sp³-hybridized carbons (Fsp3) is 0.571. The monoisotopic (exact) mass is 288 g/mol. The van der Waals surface area contributed by atoms with Crippen LogP contribution in [0.5, 0.6) is 5.75 Å². The van der Waals surface area contributed by atoms with E-state index in [-0.39, 0.29) is 13.1 Å². The Morgan fingerprint density at radius 1 is 1.30 bits per heavy atom. The van der Waals surface area contributed by atoms with E-state index in [4.69, 9.17) is 4.74 Å². The third kappa shape index (κ3) is 3.79. The SMILES string of the molecule is CCOc1ccc(N2CCNCC(C(F)(F)F)C2)cc1. The minimum absolute atomic E-state index is 0.00944. The highest BCUT2D eigenvalue weighted by Crippen LogP contribution is 2.29. The van der Waals surface area contributed by atoms with Gasteiger partial charge >= 0.3 is 6.18 Å². The number of ether oxygens (including phenoxy) is 1. The molecule has 1 heterocycles. The molecule has 1 N–H and O–H groups in total. The Kier molecular flexibility index (Phi) is 4.75. The number of hydrogen-bond donors (Lipinski definition) is 1. The lowest BCUT2D eigenvalue weighted by Crippen LogP contribution is -2.38. The van der Waals surface area contributed by atoms with Gasteiger partial charge in [-0.15, -0.1) is 0 Å². The van der Waals surface area contributed by atoms with Crippen molar-refractivity contribution in [2.75, 3.05) is 37.7 Å². The molecule has 0 amide bonds. The molecule has 0 bridgehead atoms. The molecule has 3 nitrogen and oxygen atoms in total. The smallest absolute Gasteiger partial charge is 0.394 e. The second kappa shape index (κ2) is 6.35. The van der Waals surface area contributed by atoms with Crippen molar-refractivity contribution in [3.63, 3.8) is 0 Å². The Morgan fingerprint density at radius 2 is 2.00 bits per heavy atom. The van der Waals surface area contributed by atoms with Crippen LogP contribution in [0.2, 0.25) is 0 Å². The van der Waals surface area contributed by atoms with Crippen LogP contribution in [0, 0.1) is 5.92 Å². The van der Waals surface area contributed by atoms with Crippen molar-refractivity contribution in [2.24, 2.45) is 5.92 Å². The Bertz CT molecular complexity index is 419. The summed E-state index contributed by atoms with van der Waals surface area (Å²) in [6.45, 7) is 3.56. The summed E-state index contributed by atoms with van der Waals surface area (Å²) >= 11 is 0. The zero-order chi connectivity index (χ0) is 14.6. The molecule has 0 aliphatic carbocycles. The van der Waals surface area contributed by atoms with Gasteiger partial charge in [0.05, 0.1) is 12.5 Å². The molecule has 0 spiro atoms. The van der Waals surface area contributed by atoms with Gasteiger partial charge in [0.2, 0.25) is 0 Å². The third-order valence-corrected chi connectivity index (χ3v) is 3.37. The van der Waals surface area contributed by atoms with E-state index in [0.29, 0.717) is 19.7 Å². The molecule has 2 rings (SSSR count). The van der Waals surface area contributed by atoms with Crippen molar-refractivity contribution in [3.05, 3.63) is 24.3 Å². The summed E-state index contributed by atoms with van der Waals surface area (Å²) in [4.78, 5) is 1.77. The second-order valence-electron chi connectivity index (χ2n) is 4.82. The predicted molar refractivity (Wildman–Crippen MR) is 72.2 cm³/mol. The van der Waals surface area contributed by atoms with Crippen molar-refractivity contribution >= 4 is 5.69 Å². The van der Waals surface area contributed by atoms with E-state index in [0.717, 1.165) is 11.4 Å². The molecule has 1 saturated heterocycles. The molecule has 0 radical (unpaired) electrons. The van der Waals surface area contributed by atoms with Gasteiger partial charge in [-0.3, -0.25) is 0 Å². The maximum atomic E-state index is 12.9. The number of alkyl halides is 3. The summed E-state index contributed by atoms with van der Waals surface area (Å²) in [6.07, 6.45) is -4.17. The molecule has 1 aliphatic heterocycles. The molecule has 1 aliphatic rings. The highest BCUT2D eigenvalue weighted by Gasteiger charge is 2.41. The fourth-order valence-corrected chi connectivity index (χ4v) is 2.29. The molecule has 1 aromatic carbocycles. The van der Waals surface area contributed by atoms with Crippen molar-refractivity contribution in [1.29, 1.82) is 0 Å². The van der Waals surface area contributed by atoms with Crippen LogP contribution in [0.3, 0.4) is 0 Å². The molecular formula is C14H19F3N2O. The van der Waals surface area contributed by atoms with Crippen LogP contribution in [0.25, 0.3) is 0 Å². The maximum absolute atomic E-state index is 12.9.